The number of hydrogen-bond acceptors (Lipinski definition) is 3. The van der Waals surface area contributed by atoms with Crippen molar-refractivity contribution in [2.75, 3.05) is 0 Å². The predicted octanol–water partition coefficient (Wildman–Crippen LogP) is 5.12. The number of aromatic nitrogens is 1. The number of ketones is 1. The number of nitrogens with zero attached hydrogens (tertiary/aromatic N) is 1. The molecular formula is C17H16F3NO2. The Morgan fingerprint density at radius 1 is 1.09 bits per heavy atom. The molecule has 1 aliphatic rings. The third kappa shape index (κ3) is 3.46. The maximum absolute atomic E-state index is 12.5. The van der Waals surface area contributed by atoms with E-state index in [-0.39, 0.29) is 17.4 Å². The first kappa shape index (κ1) is 15.8. The molecular weight excluding hydrogens is 307 g/mol. The van der Waals surface area contributed by atoms with Gasteiger partial charge in [-0.15, -0.1) is 0 Å². The Bertz CT molecular complexity index is 683. The number of carbonyl (C=O) groups is 1. The molecule has 1 aromatic carbocycles. The first-order chi connectivity index (χ1) is 10.9. The van der Waals surface area contributed by atoms with Crippen molar-refractivity contribution in [1.29, 1.82) is 0 Å². The summed E-state index contributed by atoms with van der Waals surface area (Å²) in [6, 6.07) is 7.36. The van der Waals surface area contributed by atoms with Crippen molar-refractivity contribution in [1.82, 2.24) is 5.16 Å². The molecule has 1 saturated carbocycles. The van der Waals surface area contributed by atoms with Crippen LogP contribution in [0.5, 0.6) is 0 Å². The lowest BCUT2D eigenvalue weighted by Crippen LogP contribution is -2.17. The Morgan fingerprint density at radius 3 is 2.30 bits per heavy atom. The van der Waals surface area contributed by atoms with Crippen LogP contribution >= 0.6 is 0 Å². The molecule has 1 heterocycles. The van der Waals surface area contributed by atoms with Crippen molar-refractivity contribution < 1.29 is 22.5 Å². The summed E-state index contributed by atoms with van der Waals surface area (Å²) in [6.07, 6.45) is 0.609. The van der Waals surface area contributed by atoms with Gasteiger partial charge in [0.25, 0.3) is 0 Å². The van der Waals surface area contributed by atoms with Gasteiger partial charge in [-0.3, -0.25) is 4.79 Å². The Hall–Kier alpha value is -2.11. The van der Waals surface area contributed by atoms with Crippen molar-refractivity contribution >= 4 is 5.78 Å². The maximum atomic E-state index is 12.5. The Morgan fingerprint density at radius 2 is 1.74 bits per heavy atom. The first-order valence-corrected chi connectivity index (χ1v) is 7.64. The van der Waals surface area contributed by atoms with Crippen LogP contribution in [0.3, 0.4) is 0 Å². The summed E-state index contributed by atoms with van der Waals surface area (Å²) in [6.45, 7) is 0. The van der Waals surface area contributed by atoms with Gasteiger partial charge < -0.3 is 4.52 Å². The molecule has 0 bridgehead atoms. The molecule has 0 spiro atoms. The van der Waals surface area contributed by atoms with Crippen molar-refractivity contribution in [3.63, 3.8) is 0 Å². The quantitative estimate of drug-likeness (QED) is 0.736. The number of benzene rings is 1. The molecule has 1 aromatic heterocycles. The molecule has 0 saturated heterocycles. The topological polar surface area (TPSA) is 43.1 Å². The fourth-order valence-corrected chi connectivity index (χ4v) is 2.95. The Balaban J connectivity index is 1.76. The maximum Gasteiger partial charge on any atom is 0.452 e. The zero-order valence-electron chi connectivity index (χ0n) is 12.4. The lowest BCUT2D eigenvalue weighted by Gasteiger charge is -2.20. The molecule has 122 valence electrons. The molecule has 0 unspecified atom stereocenters. The third-order valence-electron chi connectivity index (χ3n) is 4.23. The third-order valence-corrected chi connectivity index (χ3v) is 4.23. The van der Waals surface area contributed by atoms with E-state index in [4.69, 9.17) is 0 Å². The second-order valence-electron chi connectivity index (χ2n) is 5.85. The highest BCUT2D eigenvalue weighted by Gasteiger charge is 2.36. The summed E-state index contributed by atoms with van der Waals surface area (Å²) in [7, 11) is 0. The molecule has 0 radical (unpaired) electrons. The largest absolute Gasteiger partial charge is 0.452 e. The molecule has 0 atom stereocenters. The van der Waals surface area contributed by atoms with Gasteiger partial charge >= 0.3 is 6.18 Å². The standard InChI is InChI=1S/C17H16F3NO2/c18-17(19,20)15-10-14(21-23-15)11-6-8-13(9-7-11)16(22)12-4-2-1-3-5-12/h6-10,12H,1-5H2. The van der Waals surface area contributed by atoms with E-state index in [1.807, 2.05) is 0 Å². The van der Waals surface area contributed by atoms with E-state index in [1.54, 1.807) is 24.3 Å². The van der Waals surface area contributed by atoms with Crippen LogP contribution in [-0.4, -0.2) is 10.9 Å². The van der Waals surface area contributed by atoms with Crippen LogP contribution < -0.4 is 0 Å². The molecule has 3 rings (SSSR count). The molecule has 2 aromatic rings. The van der Waals surface area contributed by atoms with Crippen LogP contribution in [0.1, 0.15) is 48.2 Å². The van der Waals surface area contributed by atoms with E-state index in [0.717, 1.165) is 31.7 Å². The van der Waals surface area contributed by atoms with Gasteiger partial charge in [-0.2, -0.15) is 13.2 Å². The van der Waals surface area contributed by atoms with Gasteiger partial charge in [-0.1, -0.05) is 48.7 Å². The zero-order chi connectivity index (χ0) is 16.4. The van der Waals surface area contributed by atoms with E-state index < -0.39 is 11.9 Å². The van der Waals surface area contributed by atoms with Crippen LogP contribution in [0.25, 0.3) is 11.3 Å². The Kier molecular flexibility index (Phi) is 4.24. The molecule has 3 nitrogen and oxygen atoms in total. The minimum absolute atomic E-state index is 0.0680. The predicted molar refractivity (Wildman–Crippen MR) is 77.8 cm³/mol. The summed E-state index contributed by atoms with van der Waals surface area (Å²) in [4.78, 5) is 12.4. The van der Waals surface area contributed by atoms with Crippen molar-refractivity contribution in [3.05, 3.63) is 41.7 Å². The van der Waals surface area contributed by atoms with E-state index >= 15 is 0 Å². The highest BCUT2D eigenvalue weighted by molar-refractivity contribution is 5.98. The number of hydrogen-bond donors (Lipinski definition) is 0. The average molecular weight is 323 g/mol. The summed E-state index contributed by atoms with van der Waals surface area (Å²) < 4.78 is 41.9. The summed E-state index contributed by atoms with van der Waals surface area (Å²) in [5.41, 5.74) is 1.19. The minimum atomic E-state index is -4.55. The highest BCUT2D eigenvalue weighted by Crippen LogP contribution is 2.32. The van der Waals surface area contributed by atoms with Gasteiger partial charge in [0.05, 0.1) is 0 Å². The first-order valence-electron chi connectivity index (χ1n) is 7.64. The van der Waals surface area contributed by atoms with Crippen molar-refractivity contribution in [2.45, 2.75) is 38.3 Å². The summed E-state index contributed by atoms with van der Waals surface area (Å²) in [5, 5.41) is 3.44. The van der Waals surface area contributed by atoms with Gasteiger partial charge in [0, 0.05) is 23.1 Å². The van der Waals surface area contributed by atoms with Gasteiger partial charge in [-0.05, 0) is 12.8 Å². The van der Waals surface area contributed by atoms with Crippen LogP contribution in [0.15, 0.2) is 34.9 Å². The fourth-order valence-electron chi connectivity index (χ4n) is 2.95. The molecule has 6 heteroatoms. The molecule has 0 amide bonds. The lowest BCUT2D eigenvalue weighted by molar-refractivity contribution is -0.155. The zero-order valence-corrected chi connectivity index (χ0v) is 12.4. The summed E-state index contributed by atoms with van der Waals surface area (Å²) >= 11 is 0. The van der Waals surface area contributed by atoms with Crippen molar-refractivity contribution in [2.24, 2.45) is 5.92 Å². The second-order valence-corrected chi connectivity index (χ2v) is 5.85. The number of rotatable bonds is 3. The lowest BCUT2D eigenvalue weighted by atomic mass is 9.84. The minimum Gasteiger partial charge on any atom is -0.351 e. The van der Waals surface area contributed by atoms with Crippen LogP contribution in [0, 0.1) is 5.92 Å². The molecule has 0 aliphatic heterocycles. The van der Waals surface area contributed by atoms with Gasteiger partial charge in [-0.25, -0.2) is 0 Å². The normalized spacial score (nSPS) is 16.5. The molecule has 23 heavy (non-hydrogen) atoms. The van der Waals surface area contributed by atoms with Crippen LogP contribution in [-0.2, 0) is 6.18 Å². The highest BCUT2D eigenvalue weighted by atomic mass is 19.4. The SMILES string of the molecule is O=C(c1ccc(-c2cc(C(F)(F)F)on2)cc1)C1CCCCC1. The smallest absolute Gasteiger partial charge is 0.351 e. The average Bonchev–Trinajstić information content (AvgIpc) is 3.05. The monoisotopic (exact) mass is 323 g/mol. The van der Waals surface area contributed by atoms with Crippen LogP contribution in [0.2, 0.25) is 0 Å². The second kappa shape index (κ2) is 6.18. The van der Waals surface area contributed by atoms with Crippen LogP contribution in [0.4, 0.5) is 13.2 Å². The van der Waals surface area contributed by atoms with Gasteiger partial charge in [0.1, 0.15) is 5.69 Å². The van der Waals surface area contributed by atoms with Crippen molar-refractivity contribution in [3.8, 4) is 11.3 Å². The number of halogens is 3. The molecule has 0 N–H and O–H groups in total. The van der Waals surface area contributed by atoms with E-state index in [2.05, 4.69) is 9.68 Å². The van der Waals surface area contributed by atoms with E-state index in [0.29, 0.717) is 11.1 Å². The van der Waals surface area contributed by atoms with Gasteiger partial charge in [0.2, 0.25) is 5.76 Å². The van der Waals surface area contributed by atoms with Gasteiger partial charge in [0.15, 0.2) is 5.78 Å². The molecule has 1 fully saturated rings. The Labute approximate surface area is 131 Å². The number of Topliss-reactive ketones (excluding diaryl/α,β-unsaturated/α-hetero) is 1. The number of alkyl halides is 3. The molecule has 1 aliphatic carbocycles. The summed E-state index contributed by atoms with van der Waals surface area (Å²) in [5.74, 6) is -0.944. The van der Waals surface area contributed by atoms with E-state index in [9.17, 15) is 18.0 Å². The number of carbonyl (C=O) groups excluding carboxylic acids is 1. The van der Waals surface area contributed by atoms with E-state index in [1.165, 1.54) is 6.42 Å². The fraction of sp³-hybridized carbons (Fsp3) is 0.412.